The minimum atomic E-state index is -0.430. The van der Waals surface area contributed by atoms with Crippen LogP contribution >= 0.6 is 27.5 Å². The van der Waals surface area contributed by atoms with E-state index in [-0.39, 0.29) is 10.9 Å². The molecule has 1 amide bonds. The summed E-state index contributed by atoms with van der Waals surface area (Å²) in [5.74, 6) is 0.180. The highest BCUT2D eigenvalue weighted by atomic mass is 79.9. The third kappa shape index (κ3) is 4.18. The monoisotopic (exact) mass is 347 g/mol. The van der Waals surface area contributed by atoms with Gasteiger partial charge in [0.1, 0.15) is 5.82 Å². The molecule has 1 aliphatic rings. The van der Waals surface area contributed by atoms with Crippen LogP contribution < -0.4 is 5.32 Å². The van der Waals surface area contributed by atoms with Gasteiger partial charge in [-0.1, -0.05) is 37.3 Å². The molecular weight excluding hydrogens is 333 g/mol. The maximum absolute atomic E-state index is 13.1. The molecule has 104 valence electrons. The lowest BCUT2D eigenvalue weighted by atomic mass is 10.0. The summed E-state index contributed by atoms with van der Waals surface area (Å²) in [4.78, 5) is 11.9. The van der Waals surface area contributed by atoms with Crippen molar-refractivity contribution in [1.29, 1.82) is 0 Å². The summed E-state index contributed by atoms with van der Waals surface area (Å²) in [7, 11) is 0. The van der Waals surface area contributed by atoms with Crippen LogP contribution in [0.1, 0.15) is 38.5 Å². The zero-order chi connectivity index (χ0) is 13.8. The number of hydrogen-bond donors (Lipinski definition) is 1. The first-order valence-electron chi connectivity index (χ1n) is 6.50. The molecule has 1 aromatic rings. The molecule has 19 heavy (non-hydrogen) atoms. The second-order valence-corrected chi connectivity index (χ2v) is 6.24. The molecule has 0 atom stereocenters. The summed E-state index contributed by atoms with van der Waals surface area (Å²) in [5, 5.41) is 2.95. The van der Waals surface area contributed by atoms with E-state index in [4.69, 9.17) is 11.6 Å². The Morgan fingerprint density at radius 2 is 2.11 bits per heavy atom. The predicted octanol–water partition coefficient (Wildman–Crippen LogP) is 5.15. The van der Waals surface area contributed by atoms with Crippen LogP contribution in [0.25, 0.3) is 0 Å². The Morgan fingerprint density at radius 1 is 1.42 bits per heavy atom. The maximum Gasteiger partial charge on any atom is 0.224 e. The van der Waals surface area contributed by atoms with Gasteiger partial charge in [-0.05, 0) is 40.4 Å². The molecular formula is C14H16BrClFNO. The number of hydrogen-bond acceptors (Lipinski definition) is 1. The molecule has 2 rings (SSSR count). The number of amides is 1. The Kier molecular flexibility index (Phi) is 5.22. The molecule has 0 spiro atoms. The van der Waals surface area contributed by atoms with Gasteiger partial charge in [-0.15, -0.1) is 0 Å². The van der Waals surface area contributed by atoms with Gasteiger partial charge in [0.2, 0.25) is 5.91 Å². The van der Waals surface area contributed by atoms with E-state index < -0.39 is 5.82 Å². The summed E-state index contributed by atoms with van der Waals surface area (Å²) in [6.07, 6.45) is 6.43. The molecule has 0 aromatic heterocycles. The van der Waals surface area contributed by atoms with Gasteiger partial charge >= 0.3 is 0 Å². The number of rotatable bonds is 4. The van der Waals surface area contributed by atoms with Crippen LogP contribution in [0.2, 0.25) is 5.02 Å². The van der Waals surface area contributed by atoms with Crippen molar-refractivity contribution in [2.75, 3.05) is 5.32 Å². The van der Waals surface area contributed by atoms with Crippen molar-refractivity contribution >= 4 is 39.1 Å². The highest BCUT2D eigenvalue weighted by Gasteiger charge is 2.17. The molecule has 1 N–H and O–H groups in total. The van der Waals surface area contributed by atoms with Gasteiger partial charge < -0.3 is 5.32 Å². The van der Waals surface area contributed by atoms with Gasteiger partial charge in [0.25, 0.3) is 0 Å². The number of carbonyl (C=O) groups is 1. The van der Waals surface area contributed by atoms with Crippen LogP contribution in [0, 0.1) is 11.7 Å². The quantitative estimate of drug-likeness (QED) is 0.801. The Hall–Kier alpha value is -0.610. The van der Waals surface area contributed by atoms with Crippen LogP contribution in [0.5, 0.6) is 0 Å². The Morgan fingerprint density at radius 3 is 2.74 bits per heavy atom. The zero-order valence-corrected chi connectivity index (χ0v) is 12.9. The van der Waals surface area contributed by atoms with E-state index in [1.165, 1.54) is 37.8 Å². The maximum atomic E-state index is 13.1. The fraction of sp³-hybridized carbons (Fsp3) is 0.500. The Bertz CT molecular complexity index is 452. The van der Waals surface area contributed by atoms with Crippen LogP contribution in [0.4, 0.5) is 10.1 Å². The first-order valence-corrected chi connectivity index (χ1v) is 7.68. The summed E-state index contributed by atoms with van der Waals surface area (Å²) < 4.78 is 13.5. The summed E-state index contributed by atoms with van der Waals surface area (Å²) in [5.41, 5.74) is 0.444. The highest BCUT2D eigenvalue weighted by Crippen LogP contribution is 2.32. The fourth-order valence-electron chi connectivity index (χ4n) is 2.50. The van der Waals surface area contributed by atoms with E-state index in [0.717, 1.165) is 6.42 Å². The normalized spacial score (nSPS) is 15.7. The predicted molar refractivity (Wildman–Crippen MR) is 78.9 cm³/mol. The van der Waals surface area contributed by atoms with Crippen LogP contribution in [0.15, 0.2) is 16.6 Å². The molecule has 0 radical (unpaired) electrons. The average molecular weight is 349 g/mol. The Labute approximate surface area is 125 Å². The van der Waals surface area contributed by atoms with Gasteiger partial charge in [-0.25, -0.2) is 4.39 Å². The Balaban J connectivity index is 1.91. The summed E-state index contributed by atoms with van der Waals surface area (Å²) in [6.45, 7) is 0. The standard InChI is InChI=1S/C14H16BrClFNO/c15-11-7-10(17)8-12(16)14(11)18-13(19)6-5-9-3-1-2-4-9/h7-9H,1-6H2,(H,18,19). The van der Waals surface area contributed by atoms with Crippen molar-refractivity contribution in [3.63, 3.8) is 0 Å². The molecule has 1 fully saturated rings. The second-order valence-electron chi connectivity index (χ2n) is 4.98. The third-order valence-electron chi connectivity index (χ3n) is 3.53. The third-order valence-corrected chi connectivity index (χ3v) is 4.45. The van der Waals surface area contributed by atoms with Crippen LogP contribution in [-0.4, -0.2) is 5.91 Å². The average Bonchev–Trinajstić information content (AvgIpc) is 2.84. The van der Waals surface area contributed by atoms with Gasteiger partial charge in [-0.2, -0.15) is 0 Å². The topological polar surface area (TPSA) is 29.1 Å². The molecule has 0 saturated heterocycles. The van der Waals surface area contributed by atoms with Crippen molar-refractivity contribution in [1.82, 2.24) is 0 Å². The molecule has 2 nitrogen and oxygen atoms in total. The number of halogens is 3. The van der Waals surface area contributed by atoms with Gasteiger partial charge in [0, 0.05) is 10.9 Å². The van der Waals surface area contributed by atoms with E-state index in [1.54, 1.807) is 0 Å². The van der Waals surface area contributed by atoms with Gasteiger partial charge in [-0.3, -0.25) is 4.79 Å². The van der Waals surface area contributed by atoms with E-state index in [0.29, 0.717) is 22.5 Å². The highest BCUT2D eigenvalue weighted by molar-refractivity contribution is 9.10. The second kappa shape index (κ2) is 6.71. The molecule has 0 heterocycles. The molecule has 0 unspecified atom stereocenters. The smallest absolute Gasteiger partial charge is 0.224 e. The van der Waals surface area contributed by atoms with Crippen LogP contribution in [0.3, 0.4) is 0 Å². The number of anilines is 1. The van der Waals surface area contributed by atoms with Crippen molar-refractivity contribution < 1.29 is 9.18 Å². The van der Waals surface area contributed by atoms with Crippen molar-refractivity contribution in [2.24, 2.45) is 5.92 Å². The molecule has 1 aromatic carbocycles. The summed E-state index contributed by atoms with van der Waals surface area (Å²) >= 11 is 9.13. The molecule has 0 bridgehead atoms. The lowest BCUT2D eigenvalue weighted by molar-refractivity contribution is -0.116. The van der Waals surface area contributed by atoms with E-state index in [9.17, 15) is 9.18 Å². The fourth-order valence-corrected chi connectivity index (χ4v) is 3.40. The lowest BCUT2D eigenvalue weighted by Crippen LogP contribution is -2.13. The first-order chi connectivity index (χ1) is 9.06. The van der Waals surface area contributed by atoms with E-state index in [1.807, 2.05) is 0 Å². The van der Waals surface area contributed by atoms with E-state index in [2.05, 4.69) is 21.2 Å². The number of benzene rings is 1. The summed E-state index contributed by atoms with van der Waals surface area (Å²) in [6, 6.07) is 2.48. The zero-order valence-electron chi connectivity index (χ0n) is 10.5. The lowest BCUT2D eigenvalue weighted by Gasteiger charge is -2.11. The minimum absolute atomic E-state index is 0.0684. The van der Waals surface area contributed by atoms with Crippen molar-refractivity contribution in [2.45, 2.75) is 38.5 Å². The van der Waals surface area contributed by atoms with E-state index >= 15 is 0 Å². The molecule has 1 saturated carbocycles. The van der Waals surface area contributed by atoms with Crippen LogP contribution in [-0.2, 0) is 4.79 Å². The number of carbonyl (C=O) groups excluding carboxylic acids is 1. The minimum Gasteiger partial charge on any atom is -0.324 e. The molecule has 1 aliphatic carbocycles. The molecule has 5 heteroatoms. The SMILES string of the molecule is O=C(CCC1CCCC1)Nc1c(Cl)cc(F)cc1Br. The first kappa shape index (κ1) is 14.8. The largest absolute Gasteiger partial charge is 0.324 e. The number of nitrogens with one attached hydrogen (secondary N) is 1. The van der Waals surface area contributed by atoms with Gasteiger partial charge in [0.15, 0.2) is 0 Å². The van der Waals surface area contributed by atoms with Crippen molar-refractivity contribution in [3.05, 3.63) is 27.4 Å². The van der Waals surface area contributed by atoms with Gasteiger partial charge in [0.05, 0.1) is 10.7 Å². The van der Waals surface area contributed by atoms with Crippen molar-refractivity contribution in [3.8, 4) is 0 Å². The molecule has 0 aliphatic heterocycles.